The lowest BCUT2D eigenvalue weighted by Gasteiger charge is -2.39. The second kappa shape index (κ2) is 7.18. The van der Waals surface area contributed by atoms with Crippen molar-refractivity contribution >= 4 is 17.2 Å². The van der Waals surface area contributed by atoms with Crippen LogP contribution in [0.2, 0.25) is 0 Å². The van der Waals surface area contributed by atoms with Gasteiger partial charge in [0.05, 0.1) is 19.3 Å². The predicted octanol–water partition coefficient (Wildman–Crippen LogP) is 4.18. The van der Waals surface area contributed by atoms with E-state index in [-0.39, 0.29) is 17.7 Å². The SMILES string of the molecule is [CH2]c1ccccc1N(c1ccccc1[CH2])C1COCC(C(C)=O)C1. The Labute approximate surface area is 144 Å². The van der Waals surface area contributed by atoms with Gasteiger partial charge in [0.2, 0.25) is 0 Å². The number of hydrogen-bond acceptors (Lipinski definition) is 3. The minimum Gasteiger partial charge on any atom is -0.379 e. The van der Waals surface area contributed by atoms with E-state index in [0.717, 1.165) is 28.9 Å². The van der Waals surface area contributed by atoms with Crippen LogP contribution < -0.4 is 4.90 Å². The number of carbonyl (C=O) groups is 1. The second-order valence-corrected chi connectivity index (χ2v) is 6.36. The highest BCUT2D eigenvalue weighted by atomic mass is 16.5. The average molecular weight is 321 g/mol. The van der Waals surface area contributed by atoms with Gasteiger partial charge in [0, 0.05) is 17.3 Å². The lowest BCUT2D eigenvalue weighted by atomic mass is 9.93. The van der Waals surface area contributed by atoms with E-state index in [1.165, 1.54) is 0 Å². The molecule has 1 aliphatic heterocycles. The zero-order chi connectivity index (χ0) is 17.1. The first kappa shape index (κ1) is 16.7. The van der Waals surface area contributed by atoms with Crippen molar-refractivity contribution in [3.8, 4) is 0 Å². The molecule has 3 nitrogen and oxygen atoms in total. The Balaban J connectivity index is 2.04. The first-order valence-electron chi connectivity index (χ1n) is 8.27. The Kier molecular flexibility index (Phi) is 5.00. The van der Waals surface area contributed by atoms with Crippen molar-refractivity contribution in [2.75, 3.05) is 18.1 Å². The summed E-state index contributed by atoms with van der Waals surface area (Å²) in [6, 6.07) is 16.2. The van der Waals surface area contributed by atoms with E-state index in [1.54, 1.807) is 6.92 Å². The molecule has 0 amide bonds. The first-order chi connectivity index (χ1) is 11.6. The molecular weight excluding hydrogens is 298 g/mol. The number of rotatable bonds is 4. The van der Waals surface area contributed by atoms with Crippen molar-refractivity contribution < 1.29 is 9.53 Å². The maximum absolute atomic E-state index is 11.9. The summed E-state index contributed by atoms with van der Waals surface area (Å²) in [6.45, 7) is 11.1. The number of carbonyl (C=O) groups excluding carboxylic acids is 1. The minimum atomic E-state index is -0.0554. The van der Waals surface area contributed by atoms with Gasteiger partial charge < -0.3 is 9.64 Å². The van der Waals surface area contributed by atoms with Crippen molar-refractivity contribution in [3.05, 3.63) is 73.5 Å². The van der Waals surface area contributed by atoms with Crippen molar-refractivity contribution in [1.29, 1.82) is 0 Å². The number of Topliss-reactive ketones (excluding diaryl/α,β-unsaturated/α-hetero) is 1. The largest absolute Gasteiger partial charge is 0.379 e. The summed E-state index contributed by atoms with van der Waals surface area (Å²) >= 11 is 0. The fourth-order valence-electron chi connectivity index (χ4n) is 3.29. The second-order valence-electron chi connectivity index (χ2n) is 6.36. The molecule has 2 unspecified atom stereocenters. The summed E-state index contributed by atoms with van der Waals surface area (Å²) in [5, 5.41) is 0. The molecule has 2 atom stereocenters. The molecule has 0 aliphatic carbocycles. The first-order valence-corrected chi connectivity index (χ1v) is 8.27. The quantitative estimate of drug-likeness (QED) is 0.846. The molecule has 2 aromatic carbocycles. The predicted molar refractivity (Wildman–Crippen MR) is 97.3 cm³/mol. The molecule has 0 aromatic heterocycles. The molecule has 24 heavy (non-hydrogen) atoms. The third-order valence-corrected chi connectivity index (χ3v) is 4.63. The molecule has 124 valence electrons. The molecule has 0 bridgehead atoms. The molecule has 1 fully saturated rings. The number of nitrogens with zero attached hydrogens (tertiary/aromatic N) is 1. The Hall–Kier alpha value is -2.13. The minimum absolute atomic E-state index is 0.0554. The highest BCUT2D eigenvalue weighted by molar-refractivity contribution is 5.79. The van der Waals surface area contributed by atoms with Gasteiger partial charge in [0.1, 0.15) is 5.78 Å². The Morgan fingerprint density at radius 1 is 1.00 bits per heavy atom. The molecule has 0 spiro atoms. The molecule has 1 saturated heterocycles. The van der Waals surface area contributed by atoms with Crippen LogP contribution in [0.4, 0.5) is 11.4 Å². The molecule has 3 heteroatoms. The van der Waals surface area contributed by atoms with E-state index in [9.17, 15) is 4.79 Å². The smallest absolute Gasteiger partial charge is 0.135 e. The Bertz CT molecular complexity index is 680. The molecule has 1 aliphatic rings. The summed E-state index contributed by atoms with van der Waals surface area (Å²) in [7, 11) is 0. The van der Waals surface area contributed by atoms with Crippen LogP contribution in [0.1, 0.15) is 24.5 Å². The van der Waals surface area contributed by atoms with Gasteiger partial charge in [-0.15, -0.1) is 0 Å². The van der Waals surface area contributed by atoms with Crippen LogP contribution in [0.15, 0.2) is 48.5 Å². The number of ketones is 1. The van der Waals surface area contributed by atoms with Gasteiger partial charge in [-0.3, -0.25) is 4.79 Å². The fraction of sp³-hybridized carbons (Fsp3) is 0.286. The molecular formula is C21H23NO2. The summed E-state index contributed by atoms with van der Waals surface area (Å²) in [5.41, 5.74) is 3.97. The monoisotopic (exact) mass is 321 g/mol. The van der Waals surface area contributed by atoms with Crippen LogP contribution >= 0.6 is 0 Å². The zero-order valence-corrected chi connectivity index (χ0v) is 14.1. The van der Waals surface area contributed by atoms with Gasteiger partial charge in [-0.1, -0.05) is 36.4 Å². The summed E-state index contributed by atoms with van der Waals surface area (Å²) < 4.78 is 5.76. The van der Waals surface area contributed by atoms with Gasteiger partial charge in [0.15, 0.2) is 0 Å². The average Bonchev–Trinajstić information content (AvgIpc) is 2.59. The van der Waals surface area contributed by atoms with Gasteiger partial charge in [-0.25, -0.2) is 0 Å². The van der Waals surface area contributed by atoms with Crippen LogP contribution in [0.5, 0.6) is 0 Å². The van der Waals surface area contributed by atoms with E-state index in [1.807, 2.05) is 36.4 Å². The van der Waals surface area contributed by atoms with E-state index < -0.39 is 0 Å². The molecule has 2 radical (unpaired) electrons. The molecule has 3 rings (SSSR count). The van der Waals surface area contributed by atoms with E-state index in [4.69, 9.17) is 4.74 Å². The van der Waals surface area contributed by atoms with E-state index >= 15 is 0 Å². The van der Waals surface area contributed by atoms with Crippen LogP contribution in [0.25, 0.3) is 0 Å². The maximum Gasteiger partial charge on any atom is 0.135 e. The van der Waals surface area contributed by atoms with E-state index in [2.05, 4.69) is 30.9 Å². The number of benzene rings is 2. The molecule has 0 saturated carbocycles. The summed E-state index contributed by atoms with van der Waals surface area (Å²) in [4.78, 5) is 14.1. The lowest BCUT2D eigenvalue weighted by Crippen LogP contribution is -2.43. The van der Waals surface area contributed by atoms with Crippen molar-refractivity contribution in [1.82, 2.24) is 0 Å². The molecule has 0 N–H and O–H groups in total. The fourth-order valence-corrected chi connectivity index (χ4v) is 3.29. The lowest BCUT2D eigenvalue weighted by molar-refractivity contribution is -0.125. The third kappa shape index (κ3) is 3.36. The zero-order valence-electron chi connectivity index (χ0n) is 14.1. The number of hydrogen-bond donors (Lipinski definition) is 0. The van der Waals surface area contributed by atoms with Gasteiger partial charge in [-0.05, 0) is 50.5 Å². The van der Waals surface area contributed by atoms with Crippen LogP contribution in [0, 0.1) is 19.8 Å². The van der Waals surface area contributed by atoms with Crippen molar-refractivity contribution in [2.24, 2.45) is 5.92 Å². The van der Waals surface area contributed by atoms with Gasteiger partial charge >= 0.3 is 0 Å². The van der Waals surface area contributed by atoms with Crippen molar-refractivity contribution in [2.45, 2.75) is 19.4 Å². The van der Waals surface area contributed by atoms with Crippen LogP contribution in [-0.4, -0.2) is 25.0 Å². The highest BCUT2D eigenvalue weighted by Crippen LogP contribution is 2.36. The summed E-state index contributed by atoms with van der Waals surface area (Å²) in [5.74, 6) is 0.130. The summed E-state index contributed by atoms with van der Waals surface area (Å²) in [6.07, 6.45) is 0.776. The Morgan fingerprint density at radius 2 is 1.54 bits per heavy atom. The number of ether oxygens (including phenoxy) is 1. The molecule has 1 heterocycles. The Morgan fingerprint density at radius 3 is 2.04 bits per heavy atom. The van der Waals surface area contributed by atoms with Gasteiger partial charge in [0.25, 0.3) is 0 Å². The highest BCUT2D eigenvalue weighted by Gasteiger charge is 2.31. The molecule has 2 aromatic rings. The topological polar surface area (TPSA) is 29.5 Å². The van der Waals surface area contributed by atoms with Crippen molar-refractivity contribution in [3.63, 3.8) is 0 Å². The standard InChI is InChI=1S/C21H23NO2/c1-15-8-4-6-10-20(15)22(21-11-7-5-9-16(21)2)19-12-18(17(3)23)13-24-14-19/h4-11,18-19H,1-2,12-14H2,3H3. The normalized spacial score (nSPS) is 20.6. The van der Waals surface area contributed by atoms with Crippen LogP contribution in [-0.2, 0) is 9.53 Å². The third-order valence-electron chi connectivity index (χ3n) is 4.63. The van der Waals surface area contributed by atoms with E-state index in [0.29, 0.717) is 13.2 Å². The van der Waals surface area contributed by atoms with Crippen LogP contribution in [0.3, 0.4) is 0 Å². The maximum atomic E-state index is 11.9. The van der Waals surface area contributed by atoms with Gasteiger partial charge in [-0.2, -0.15) is 0 Å². The number of anilines is 2. The number of para-hydroxylation sites is 2.